The predicted molar refractivity (Wildman–Crippen MR) is 67.0 cm³/mol. The van der Waals surface area contributed by atoms with Crippen LogP contribution in [-0.2, 0) is 13.1 Å². The van der Waals surface area contributed by atoms with Gasteiger partial charge >= 0.3 is 0 Å². The highest BCUT2D eigenvalue weighted by Gasteiger charge is 2.04. The fourth-order valence-electron chi connectivity index (χ4n) is 1.56. The summed E-state index contributed by atoms with van der Waals surface area (Å²) in [7, 11) is 0. The number of nitrogens with zero attached hydrogens (tertiary/aromatic N) is 3. The minimum absolute atomic E-state index is 0.638. The van der Waals surface area contributed by atoms with Crippen LogP contribution in [0, 0.1) is 0 Å². The van der Waals surface area contributed by atoms with Crippen LogP contribution in [0.3, 0.4) is 0 Å². The molecule has 1 aromatic heterocycles. The smallest absolute Gasteiger partial charge is 0.0950 e. The zero-order chi connectivity index (χ0) is 11.8. The molecular weight excluding hydrogens is 200 g/mol. The molecule has 4 nitrogen and oxygen atoms in total. The van der Waals surface area contributed by atoms with Crippen LogP contribution in [0.4, 0.5) is 0 Å². The van der Waals surface area contributed by atoms with Crippen molar-refractivity contribution < 1.29 is 0 Å². The van der Waals surface area contributed by atoms with Crippen molar-refractivity contribution in [3.8, 4) is 0 Å². The van der Waals surface area contributed by atoms with Gasteiger partial charge in [0.05, 0.1) is 12.0 Å². The Balaban J connectivity index is 2.54. The molecule has 0 aromatic carbocycles. The number of rotatable bonds is 8. The number of hydrogen-bond acceptors (Lipinski definition) is 3. The fourth-order valence-corrected chi connectivity index (χ4v) is 1.56. The van der Waals surface area contributed by atoms with E-state index < -0.39 is 0 Å². The summed E-state index contributed by atoms with van der Waals surface area (Å²) >= 11 is 0. The van der Waals surface area contributed by atoms with Gasteiger partial charge < -0.3 is 10.3 Å². The summed E-state index contributed by atoms with van der Waals surface area (Å²) in [5, 5.41) is 0. The average Bonchev–Trinajstić information content (AvgIpc) is 2.67. The number of nitrogens with two attached hydrogens (primary N) is 1. The average molecular weight is 220 g/mol. The number of imidazole rings is 1. The van der Waals surface area contributed by atoms with Crippen molar-refractivity contribution in [1.29, 1.82) is 0 Å². The standard InChI is InChI=1S/C12H20N4/c1-3-6-15(7-4-2)9-12-10-16(8-5-13)11-14-12/h3-4,10-11H,1-2,5-9,13H2. The lowest BCUT2D eigenvalue weighted by molar-refractivity contribution is 0.324. The van der Waals surface area contributed by atoms with Crippen molar-refractivity contribution in [2.75, 3.05) is 19.6 Å². The molecule has 1 heterocycles. The summed E-state index contributed by atoms with van der Waals surface area (Å²) in [5.41, 5.74) is 6.53. The van der Waals surface area contributed by atoms with Gasteiger partial charge in [0.25, 0.3) is 0 Å². The summed E-state index contributed by atoms with van der Waals surface area (Å²) in [5.74, 6) is 0. The van der Waals surface area contributed by atoms with E-state index in [1.807, 2.05) is 29.2 Å². The van der Waals surface area contributed by atoms with Crippen molar-refractivity contribution in [3.63, 3.8) is 0 Å². The summed E-state index contributed by atoms with van der Waals surface area (Å²) in [6.45, 7) is 11.4. The third kappa shape index (κ3) is 4.00. The Morgan fingerprint density at radius 1 is 1.38 bits per heavy atom. The van der Waals surface area contributed by atoms with Gasteiger partial charge in [0, 0.05) is 38.9 Å². The van der Waals surface area contributed by atoms with E-state index in [1.165, 1.54) is 0 Å². The maximum absolute atomic E-state index is 5.48. The number of hydrogen-bond donors (Lipinski definition) is 1. The molecule has 1 rings (SSSR count). The summed E-state index contributed by atoms with van der Waals surface area (Å²) < 4.78 is 2.01. The SMILES string of the molecule is C=CCN(CC=C)Cc1cn(CCN)cn1. The van der Waals surface area contributed by atoms with Gasteiger partial charge in [-0.3, -0.25) is 4.90 Å². The Bertz CT molecular complexity index is 320. The fraction of sp³-hybridized carbons (Fsp3) is 0.417. The molecule has 88 valence electrons. The highest BCUT2D eigenvalue weighted by atomic mass is 15.1. The Hall–Kier alpha value is -1.39. The maximum Gasteiger partial charge on any atom is 0.0950 e. The van der Waals surface area contributed by atoms with Crippen LogP contribution >= 0.6 is 0 Å². The van der Waals surface area contributed by atoms with Crippen LogP contribution in [0.5, 0.6) is 0 Å². The van der Waals surface area contributed by atoms with E-state index >= 15 is 0 Å². The first-order valence-electron chi connectivity index (χ1n) is 5.45. The molecule has 0 amide bonds. The van der Waals surface area contributed by atoms with Gasteiger partial charge in [-0.15, -0.1) is 13.2 Å². The second kappa shape index (κ2) is 6.98. The van der Waals surface area contributed by atoms with E-state index in [4.69, 9.17) is 5.73 Å². The van der Waals surface area contributed by atoms with Gasteiger partial charge in [-0.2, -0.15) is 0 Å². The molecular formula is C12H20N4. The molecule has 1 aromatic rings. The molecule has 0 radical (unpaired) electrons. The van der Waals surface area contributed by atoms with E-state index in [0.717, 1.165) is 31.9 Å². The van der Waals surface area contributed by atoms with Gasteiger partial charge in [-0.1, -0.05) is 12.2 Å². The largest absolute Gasteiger partial charge is 0.336 e. The zero-order valence-electron chi connectivity index (χ0n) is 9.68. The third-order valence-corrected chi connectivity index (χ3v) is 2.23. The van der Waals surface area contributed by atoms with E-state index in [1.54, 1.807) is 0 Å². The number of aromatic nitrogens is 2. The van der Waals surface area contributed by atoms with E-state index in [9.17, 15) is 0 Å². The third-order valence-electron chi connectivity index (χ3n) is 2.23. The highest BCUT2D eigenvalue weighted by Crippen LogP contribution is 2.02. The van der Waals surface area contributed by atoms with Crippen LogP contribution in [0.25, 0.3) is 0 Å². The summed E-state index contributed by atoms with van der Waals surface area (Å²) in [6, 6.07) is 0. The Kier molecular flexibility index (Phi) is 5.53. The molecule has 0 unspecified atom stereocenters. The Morgan fingerprint density at radius 2 is 2.06 bits per heavy atom. The van der Waals surface area contributed by atoms with Crippen LogP contribution in [0.15, 0.2) is 37.8 Å². The monoisotopic (exact) mass is 220 g/mol. The lowest BCUT2D eigenvalue weighted by atomic mass is 10.4. The molecule has 0 spiro atoms. The van der Waals surface area contributed by atoms with Crippen molar-refractivity contribution >= 4 is 0 Å². The molecule has 0 bridgehead atoms. The van der Waals surface area contributed by atoms with Crippen molar-refractivity contribution in [2.45, 2.75) is 13.1 Å². The molecule has 0 aliphatic carbocycles. The normalized spacial score (nSPS) is 10.6. The van der Waals surface area contributed by atoms with Crippen LogP contribution in [-0.4, -0.2) is 34.1 Å². The lowest BCUT2D eigenvalue weighted by Gasteiger charge is -2.16. The van der Waals surface area contributed by atoms with Gasteiger partial charge in [0.1, 0.15) is 0 Å². The van der Waals surface area contributed by atoms with Gasteiger partial charge in [0.15, 0.2) is 0 Å². The van der Waals surface area contributed by atoms with Crippen LogP contribution in [0.2, 0.25) is 0 Å². The maximum atomic E-state index is 5.48. The van der Waals surface area contributed by atoms with E-state index in [2.05, 4.69) is 23.0 Å². The molecule has 0 atom stereocenters. The topological polar surface area (TPSA) is 47.1 Å². The highest BCUT2D eigenvalue weighted by molar-refractivity contribution is 4.98. The van der Waals surface area contributed by atoms with Crippen LogP contribution in [0.1, 0.15) is 5.69 Å². The summed E-state index contributed by atoms with van der Waals surface area (Å²) in [4.78, 5) is 6.55. The Labute approximate surface area is 97.1 Å². The molecule has 0 aliphatic heterocycles. The van der Waals surface area contributed by atoms with Gasteiger partial charge in [-0.25, -0.2) is 4.98 Å². The van der Waals surface area contributed by atoms with Crippen molar-refractivity contribution in [3.05, 3.63) is 43.5 Å². The minimum Gasteiger partial charge on any atom is -0.336 e. The van der Waals surface area contributed by atoms with Gasteiger partial charge in [0.2, 0.25) is 0 Å². The molecule has 4 heteroatoms. The molecule has 0 saturated carbocycles. The molecule has 0 saturated heterocycles. The van der Waals surface area contributed by atoms with E-state index in [0.29, 0.717) is 6.54 Å². The first-order chi connectivity index (χ1) is 7.80. The van der Waals surface area contributed by atoms with E-state index in [-0.39, 0.29) is 0 Å². The van der Waals surface area contributed by atoms with Crippen molar-refractivity contribution in [1.82, 2.24) is 14.5 Å². The first kappa shape index (κ1) is 12.7. The predicted octanol–water partition coefficient (Wildman–Crippen LogP) is 1.02. The zero-order valence-corrected chi connectivity index (χ0v) is 9.68. The molecule has 0 fully saturated rings. The quantitative estimate of drug-likeness (QED) is 0.665. The van der Waals surface area contributed by atoms with Gasteiger partial charge in [-0.05, 0) is 0 Å². The second-order valence-corrected chi connectivity index (χ2v) is 3.66. The first-order valence-corrected chi connectivity index (χ1v) is 5.45. The molecule has 0 aliphatic rings. The van der Waals surface area contributed by atoms with Crippen LogP contribution < -0.4 is 5.73 Å². The molecule has 16 heavy (non-hydrogen) atoms. The Morgan fingerprint density at radius 3 is 2.62 bits per heavy atom. The lowest BCUT2D eigenvalue weighted by Crippen LogP contribution is -2.23. The summed E-state index contributed by atoms with van der Waals surface area (Å²) in [6.07, 6.45) is 7.63. The van der Waals surface area contributed by atoms with Crippen molar-refractivity contribution in [2.24, 2.45) is 5.73 Å². The molecule has 2 N–H and O–H groups in total. The minimum atomic E-state index is 0.638. The second-order valence-electron chi connectivity index (χ2n) is 3.66.